The molecule has 0 bridgehead atoms. The number of benzene rings is 2. The zero-order valence-corrected chi connectivity index (χ0v) is 20.2. The zero-order valence-electron chi connectivity index (χ0n) is 20.2. The molecule has 1 saturated heterocycles. The van der Waals surface area contributed by atoms with Crippen molar-refractivity contribution in [3.8, 4) is 0 Å². The van der Waals surface area contributed by atoms with Gasteiger partial charge < -0.3 is 25.0 Å². The molecule has 1 aliphatic heterocycles. The van der Waals surface area contributed by atoms with Crippen molar-refractivity contribution in [2.75, 3.05) is 35.3 Å². The Labute approximate surface area is 208 Å². The van der Waals surface area contributed by atoms with Crippen LogP contribution in [0.4, 0.5) is 17.1 Å². The van der Waals surface area contributed by atoms with Crippen LogP contribution in [0.15, 0.2) is 48.5 Å². The van der Waals surface area contributed by atoms with Crippen molar-refractivity contribution in [1.82, 2.24) is 0 Å². The summed E-state index contributed by atoms with van der Waals surface area (Å²) in [5.41, 5.74) is 2.00. The van der Waals surface area contributed by atoms with Crippen LogP contribution < -0.4 is 15.5 Å². The third-order valence-electron chi connectivity index (χ3n) is 5.44. The highest BCUT2D eigenvalue weighted by molar-refractivity contribution is 6.00. The Bertz CT molecular complexity index is 1110. The average Bonchev–Trinajstić information content (AvgIpc) is 3.25. The molecule has 1 heterocycles. The lowest BCUT2D eigenvalue weighted by molar-refractivity contribution is -0.151. The summed E-state index contributed by atoms with van der Waals surface area (Å²) in [4.78, 5) is 61.6. The van der Waals surface area contributed by atoms with Crippen LogP contribution in [0.25, 0.3) is 0 Å². The first-order valence-electron chi connectivity index (χ1n) is 11.7. The number of nitrogens with one attached hydrogen (secondary N) is 2. The van der Waals surface area contributed by atoms with E-state index in [2.05, 4.69) is 10.6 Å². The molecule has 3 rings (SSSR count). The number of ether oxygens (including phenoxy) is 2. The Morgan fingerprint density at radius 2 is 1.58 bits per heavy atom. The van der Waals surface area contributed by atoms with E-state index in [0.717, 1.165) is 12.8 Å². The molecule has 0 aliphatic carbocycles. The summed E-state index contributed by atoms with van der Waals surface area (Å²) in [6.07, 6.45) is 1.68. The molecule has 1 atom stereocenters. The van der Waals surface area contributed by atoms with Gasteiger partial charge in [0, 0.05) is 37.0 Å². The van der Waals surface area contributed by atoms with Crippen LogP contribution in [-0.2, 0) is 28.7 Å². The third kappa shape index (κ3) is 7.39. The molecular formula is C26H29N3O7. The van der Waals surface area contributed by atoms with Crippen LogP contribution in [0.3, 0.4) is 0 Å². The van der Waals surface area contributed by atoms with Gasteiger partial charge in [0.1, 0.15) is 0 Å². The fourth-order valence-electron chi connectivity index (χ4n) is 3.58. The molecule has 0 unspecified atom stereocenters. The summed E-state index contributed by atoms with van der Waals surface area (Å²) in [6, 6.07) is 12.9. The number of anilines is 3. The van der Waals surface area contributed by atoms with E-state index >= 15 is 0 Å². The van der Waals surface area contributed by atoms with Gasteiger partial charge in [0.2, 0.25) is 11.8 Å². The van der Waals surface area contributed by atoms with Crippen LogP contribution in [-0.4, -0.2) is 49.4 Å². The molecule has 0 spiro atoms. The molecule has 0 radical (unpaired) electrons. The van der Waals surface area contributed by atoms with Gasteiger partial charge in [-0.1, -0.05) is 13.3 Å². The highest BCUT2D eigenvalue weighted by atomic mass is 16.5. The second kappa shape index (κ2) is 12.5. The Morgan fingerprint density at radius 3 is 2.19 bits per heavy atom. The van der Waals surface area contributed by atoms with Gasteiger partial charge in [-0.25, -0.2) is 4.79 Å². The van der Waals surface area contributed by atoms with E-state index in [1.165, 1.54) is 11.8 Å². The minimum absolute atomic E-state index is 0.0358. The lowest BCUT2D eigenvalue weighted by Crippen LogP contribution is -2.28. The van der Waals surface area contributed by atoms with E-state index in [4.69, 9.17) is 9.47 Å². The molecule has 3 amide bonds. The molecule has 10 nitrogen and oxygen atoms in total. The number of rotatable bonds is 10. The number of carbonyl (C=O) groups is 5. The summed E-state index contributed by atoms with van der Waals surface area (Å²) in [5.74, 6) is -2.76. The number of hydrogen-bond acceptors (Lipinski definition) is 7. The normalized spacial score (nSPS) is 14.8. The van der Waals surface area contributed by atoms with Gasteiger partial charge in [0.15, 0.2) is 6.61 Å². The number of unbranched alkanes of at least 4 members (excludes halogenated alkanes) is 1. The van der Waals surface area contributed by atoms with Crippen molar-refractivity contribution >= 4 is 46.7 Å². The van der Waals surface area contributed by atoms with Crippen molar-refractivity contribution in [3.63, 3.8) is 0 Å². The van der Waals surface area contributed by atoms with E-state index < -0.39 is 30.4 Å². The molecule has 2 N–H and O–H groups in total. The van der Waals surface area contributed by atoms with Gasteiger partial charge in [-0.2, -0.15) is 0 Å². The molecule has 190 valence electrons. The predicted molar refractivity (Wildman–Crippen MR) is 132 cm³/mol. The molecule has 1 fully saturated rings. The standard InChI is InChI=1S/C26H29N3O7/c1-3-4-13-35-25(33)18-5-11-22(12-6-18)29-15-19(14-24(29)32)26(34)36-16-23(31)28-21-9-7-20(8-10-21)27-17(2)30/h5-12,19H,3-4,13-16H2,1-2H3,(H,27,30)(H,28,31)/t19-/m1/s1. The Morgan fingerprint density at radius 1 is 0.944 bits per heavy atom. The first-order chi connectivity index (χ1) is 17.3. The van der Waals surface area contributed by atoms with Gasteiger partial charge in [0.25, 0.3) is 5.91 Å². The minimum atomic E-state index is -0.707. The van der Waals surface area contributed by atoms with Crippen molar-refractivity contribution in [3.05, 3.63) is 54.1 Å². The third-order valence-corrected chi connectivity index (χ3v) is 5.44. The average molecular weight is 496 g/mol. The lowest BCUT2D eigenvalue weighted by Gasteiger charge is -2.17. The van der Waals surface area contributed by atoms with Crippen LogP contribution >= 0.6 is 0 Å². The summed E-state index contributed by atoms with van der Waals surface area (Å²) in [6.45, 7) is 3.37. The number of nitrogens with zero attached hydrogens (tertiary/aromatic N) is 1. The zero-order chi connectivity index (χ0) is 26.1. The number of esters is 2. The van der Waals surface area contributed by atoms with Gasteiger partial charge >= 0.3 is 11.9 Å². The lowest BCUT2D eigenvalue weighted by atomic mass is 10.1. The summed E-state index contributed by atoms with van der Waals surface area (Å²) < 4.78 is 10.3. The first-order valence-corrected chi connectivity index (χ1v) is 11.7. The van der Waals surface area contributed by atoms with Gasteiger partial charge in [-0.15, -0.1) is 0 Å². The van der Waals surface area contributed by atoms with E-state index in [-0.39, 0.29) is 24.8 Å². The molecule has 36 heavy (non-hydrogen) atoms. The number of hydrogen-bond donors (Lipinski definition) is 2. The van der Waals surface area contributed by atoms with E-state index in [0.29, 0.717) is 29.2 Å². The Balaban J connectivity index is 1.47. The maximum absolute atomic E-state index is 12.5. The molecule has 2 aromatic carbocycles. The monoisotopic (exact) mass is 495 g/mol. The highest BCUT2D eigenvalue weighted by Gasteiger charge is 2.36. The SMILES string of the molecule is CCCCOC(=O)c1ccc(N2C[C@H](C(=O)OCC(=O)Nc3ccc(NC(C)=O)cc3)CC2=O)cc1. The Hall–Kier alpha value is -4.21. The predicted octanol–water partition coefficient (Wildman–Crippen LogP) is 3.14. The maximum Gasteiger partial charge on any atom is 0.338 e. The van der Waals surface area contributed by atoms with Gasteiger partial charge in [-0.3, -0.25) is 19.2 Å². The molecule has 10 heteroatoms. The van der Waals surface area contributed by atoms with Crippen molar-refractivity contribution in [2.24, 2.45) is 5.92 Å². The highest BCUT2D eigenvalue weighted by Crippen LogP contribution is 2.26. The summed E-state index contributed by atoms with van der Waals surface area (Å²) >= 11 is 0. The molecular weight excluding hydrogens is 466 g/mol. The maximum atomic E-state index is 12.5. The fraction of sp³-hybridized carbons (Fsp3) is 0.346. The minimum Gasteiger partial charge on any atom is -0.462 e. The molecule has 0 saturated carbocycles. The number of carbonyl (C=O) groups excluding carboxylic acids is 5. The van der Waals surface area contributed by atoms with E-state index in [1.54, 1.807) is 48.5 Å². The van der Waals surface area contributed by atoms with Gasteiger partial charge in [0.05, 0.1) is 18.1 Å². The quantitative estimate of drug-likeness (QED) is 0.382. The van der Waals surface area contributed by atoms with E-state index in [1.807, 2.05) is 6.92 Å². The first kappa shape index (κ1) is 26.4. The second-order valence-electron chi connectivity index (χ2n) is 8.36. The summed E-state index contributed by atoms with van der Waals surface area (Å²) in [7, 11) is 0. The van der Waals surface area contributed by atoms with Crippen molar-refractivity contribution in [2.45, 2.75) is 33.1 Å². The van der Waals surface area contributed by atoms with Crippen molar-refractivity contribution < 1.29 is 33.4 Å². The smallest absolute Gasteiger partial charge is 0.338 e. The number of amides is 3. The van der Waals surface area contributed by atoms with Crippen LogP contribution in [0.1, 0.15) is 43.5 Å². The topological polar surface area (TPSA) is 131 Å². The van der Waals surface area contributed by atoms with Crippen molar-refractivity contribution in [1.29, 1.82) is 0 Å². The molecule has 1 aliphatic rings. The van der Waals surface area contributed by atoms with Crippen LogP contribution in [0.5, 0.6) is 0 Å². The van der Waals surface area contributed by atoms with E-state index in [9.17, 15) is 24.0 Å². The largest absolute Gasteiger partial charge is 0.462 e. The van der Waals surface area contributed by atoms with Crippen LogP contribution in [0, 0.1) is 5.92 Å². The van der Waals surface area contributed by atoms with Crippen LogP contribution in [0.2, 0.25) is 0 Å². The fourth-order valence-corrected chi connectivity index (χ4v) is 3.58. The molecule has 0 aromatic heterocycles. The second-order valence-corrected chi connectivity index (χ2v) is 8.36. The Kier molecular flexibility index (Phi) is 9.15. The van der Waals surface area contributed by atoms with Gasteiger partial charge in [-0.05, 0) is 55.0 Å². The summed E-state index contributed by atoms with van der Waals surface area (Å²) in [5, 5.41) is 5.22. The molecule has 2 aromatic rings.